The summed E-state index contributed by atoms with van der Waals surface area (Å²) in [6.45, 7) is 2.78. The Balaban J connectivity index is 1.98. The Labute approximate surface area is 134 Å². The molecule has 0 saturated heterocycles. The van der Waals surface area contributed by atoms with E-state index in [4.69, 9.17) is 4.74 Å². The summed E-state index contributed by atoms with van der Waals surface area (Å²) in [4.78, 5) is 8.34. The van der Waals surface area contributed by atoms with Gasteiger partial charge in [-0.1, -0.05) is 11.3 Å². The molecule has 0 fully saturated rings. The average Bonchev–Trinajstić information content (AvgIpc) is 2.94. The number of methoxy groups -OCH3 is 1. The molecule has 1 aromatic carbocycles. The van der Waals surface area contributed by atoms with Gasteiger partial charge < -0.3 is 10.1 Å². The zero-order valence-corrected chi connectivity index (χ0v) is 13.5. The molecular formula is C13H12FN5OS2. The van der Waals surface area contributed by atoms with Crippen molar-refractivity contribution in [1.29, 1.82) is 0 Å². The molecule has 3 aromatic rings. The van der Waals surface area contributed by atoms with Crippen LogP contribution in [0.15, 0.2) is 27.8 Å². The molecule has 0 amide bonds. The number of benzene rings is 1. The third kappa shape index (κ3) is 2.95. The topological polar surface area (TPSA) is 72.8 Å². The van der Waals surface area contributed by atoms with Crippen LogP contribution in [0.4, 0.5) is 9.52 Å². The number of aromatic nitrogens is 4. The van der Waals surface area contributed by atoms with E-state index in [2.05, 4.69) is 25.5 Å². The first-order valence-electron chi connectivity index (χ1n) is 6.44. The predicted octanol–water partition coefficient (Wildman–Crippen LogP) is 3.21. The molecular weight excluding hydrogens is 325 g/mol. The van der Waals surface area contributed by atoms with Crippen molar-refractivity contribution in [2.45, 2.75) is 16.3 Å². The first-order chi connectivity index (χ1) is 10.7. The number of hydrogen-bond donors (Lipinski definition) is 1. The van der Waals surface area contributed by atoms with E-state index in [-0.39, 0.29) is 5.75 Å². The van der Waals surface area contributed by atoms with Gasteiger partial charge in [0.1, 0.15) is 11.4 Å². The van der Waals surface area contributed by atoms with Crippen molar-refractivity contribution >= 4 is 39.1 Å². The van der Waals surface area contributed by atoms with Gasteiger partial charge in [-0.25, -0.2) is 14.4 Å². The lowest BCUT2D eigenvalue weighted by molar-refractivity contribution is 0.387. The van der Waals surface area contributed by atoms with Crippen molar-refractivity contribution in [3.8, 4) is 5.75 Å². The highest BCUT2D eigenvalue weighted by molar-refractivity contribution is 8.01. The molecule has 9 heteroatoms. The molecule has 0 unspecified atom stereocenters. The van der Waals surface area contributed by atoms with Crippen LogP contribution in [0.2, 0.25) is 0 Å². The van der Waals surface area contributed by atoms with E-state index in [1.807, 2.05) is 6.92 Å². The van der Waals surface area contributed by atoms with Gasteiger partial charge in [0.05, 0.1) is 12.6 Å². The van der Waals surface area contributed by atoms with Gasteiger partial charge in [0.2, 0.25) is 5.13 Å². The maximum Gasteiger partial charge on any atom is 0.206 e. The van der Waals surface area contributed by atoms with Crippen molar-refractivity contribution in [2.24, 2.45) is 0 Å². The zero-order chi connectivity index (χ0) is 15.5. The Bertz CT molecular complexity index is 810. The number of nitrogens with one attached hydrogen (secondary N) is 1. The van der Waals surface area contributed by atoms with E-state index in [1.54, 1.807) is 6.07 Å². The minimum atomic E-state index is -0.449. The Morgan fingerprint density at radius 3 is 2.95 bits per heavy atom. The highest BCUT2D eigenvalue weighted by atomic mass is 32.2. The number of nitrogens with zero attached hydrogens (tertiary/aromatic N) is 4. The second kappa shape index (κ2) is 6.41. The highest BCUT2D eigenvalue weighted by Crippen LogP contribution is 2.35. The summed E-state index contributed by atoms with van der Waals surface area (Å²) in [5.41, 5.74) is 0.521. The van der Waals surface area contributed by atoms with Crippen molar-refractivity contribution in [1.82, 2.24) is 20.2 Å². The van der Waals surface area contributed by atoms with Crippen LogP contribution in [0, 0.1) is 5.82 Å². The molecule has 114 valence electrons. The number of ether oxygens (including phenoxy) is 1. The Morgan fingerprint density at radius 2 is 2.18 bits per heavy atom. The molecule has 0 aliphatic heterocycles. The van der Waals surface area contributed by atoms with Crippen molar-refractivity contribution < 1.29 is 9.13 Å². The average molecular weight is 337 g/mol. The third-order valence-corrected chi connectivity index (χ3v) is 4.74. The van der Waals surface area contributed by atoms with Crippen LogP contribution in [0.25, 0.3) is 10.9 Å². The maximum atomic E-state index is 13.7. The van der Waals surface area contributed by atoms with E-state index in [0.717, 1.165) is 16.0 Å². The quantitative estimate of drug-likeness (QED) is 0.717. The van der Waals surface area contributed by atoms with Gasteiger partial charge in [-0.05, 0) is 24.8 Å². The highest BCUT2D eigenvalue weighted by Gasteiger charge is 2.13. The van der Waals surface area contributed by atoms with Crippen LogP contribution in [0.1, 0.15) is 6.92 Å². The fourth-order valence-electron chi connectivity index (χ4n) is 1.83. The summed E-state index contributed by atoms with van der Waals surface area (Å²) in [6.07, 6.45) is 1.41. The lowest BCUT2D eigenvalue weighted by Crippen LogP contribution is -1.94. The van der Waals surface area contributed by atoms with Crippen LogP contribution >= 0.6 is 23.1 Å². The molecule has 0 aliphatic carbocycles. The summed E-state index contributed by atoms with van der Waals surface area (Å²) in [5.74, 6) is -0.287. The molecule has 2 heterocycles. The SMILES string of the molecule is CCNc1nnc(Sc2ncnc3cc(F)c(OC)cc23)s1. The third-order valence-electron chi connectivity index (χ3n) is 2.79. The van der Waals surface area contributed by atoms with Crippen LogP contribution < -0.4 is 10.1 Å². The Hall–Kier alpha value is -2.00. The van der Waals surface area contributed by atoms with Crippen molar-refractivity contribution in [2.75, 3.05) is 19.0 Å². The summed E-state index contributed by atoms with van der Waals surface area (Å²) in [6, 6.07) is 2.93. The summed E-state index contributed by atoms with van der Waals surface area (Å²) >= 11 is 2.80. The summed E-state index contributed by atoms with van der Waals surface area (Å²) in [7, 11) is 1.42. The Morgan fingerprint density at radius 1 is 1.32 bits per heavy atom. The minimum absolute atomic E-state index is 0.162. The summed E-state index contributed by atoms with van der Waals surface area (Å²) in [5, 5.41) is 13.4. The molecule has 1 N–H and O–H groups in total. The van der Waals surface area contributed by atoms with Gasteiger partial charge in [0.15, 0.2) is 15.9 Å². The largest absolute Gasteiger partial charge is 0.494 e. The zero-order valence-electron chi connectivity index (χ0n) is 11.8. The van der Waals surface area contributed by atoms with Crippen LogP contribution in [0.5, 0.6) is 5.75 Å². The van der Waals surface area contributed by atoms with E-state index in [1.165, 1.54) is 42.6 Å². The second-order valence-electron chi connectivity index (χ2n) is 4.19. The van der Waals surface area contributed by atoms with Crippen LogP contribution in [0.3, 0.4) is 0 Å². The number of hydrogen-bond acceptors (Lipinski definition) is 8. The minimum Gasteiger partial charge on any atom is -0.494 e. The van der Waals surface area contributed by atoms with Gasteiger partial charge in [-0.2, -0.15) is 0 Å². The van der Waals surface area contributed by atoms with Gasteiger partial charge in [-0.3, -0.25) is 0 Å². The van der Waals surface area contributed by atoms with E-state index >= 15 is 0 Å². The molecule has 22 heavy (non-hydrogen) atoms. The van der Waals surface area contributed by atoms with Crippen LogP contribution in [-0.4, -0.2) is 33.8 Å². The van der Waals surface area contributed by atoms with E-state index < -0.39 is 5.82 Å². The molecule has 0 radical (unpaired) electrons. The number of halogens is 1. The fourth-order valence-corrected chi connectivity index (χ4v) is 3.63. The molecule has 0 atom stereocenters. The predicted molar refractivity (Wildman–Crippen MR) is 84.2 cm³/mol. The normalized spacial score (nSPS) is 10.9. The lowest BCUT2D eigenvalue weighted by Gasteiger charge is -2.06. The van der Waals surface area contributed by atoms with Crippen molar-refractivity contribution in [3.05, 3.63) is 24.3 Å². The van der Waals surface area contributed by atoms with Gasteiger partial charge in [0.25, 0.3) is 0 Å². The molecule has 3 rings (SSSR count). The van der Waals surface area contributed by atoms with Crippen molar-refractivity contribution in [3.63, 3.8) is 0 Å². The maximum absolute atomic E-state index is 13.7. The number of fused-ring (bicyclic) bond motifs is 1. The smallest absolute Gasteiger partial charge is 0.206 e. The molecule has 6 nitrogen and oxygen atoms in total. The molecule has 0 aliphatic rings. The first kappa shape index (κ1) is 14.9. The van der Waals surface area contributed by atoms with E-state index in [9.17, 15) is 4.39 Å². The van der Waals surface area contributed by atoms with Gasteiger partial charge in [0, 0.05) is 18.0 Å². The number of anilines is 1. The molecule has 2 aromatic heterocycles. The monoisotopic (exact) mass is 337 g/mol. The van der Waals surface area contributed by atoms with Gasteiger partial charge >= 0.3 is 0 Å². The first-order valence-corrected chi connectivity index (χ1v) is 8.08. The fraction of sp³-hybridized carbons (Fsp3) is 0.231. The molecule has 0 spiro atoms. The molecule has 0 saturated carbocycles. The van der Waals surface area contributed by atoms with Gasteiger partial charge in [-0.15, -0.1) is 10.2 Å². The van der Waals surface area contributed by atoms with E-state index in [0.29, 0.717) is 15.9 Å². The van der Waals surface area contributed by atoms with Crippen LogP contribution in [-0.2, 0) is 0 Å². The molecule has 0 bridgehead atoms. The second-order valence-corrected chi connectivity index (χ2v) is 6.40. The summed E-state index contributed by atoms with van der Waals surface area (Å²) < 4.78 is 19.5. The standard InChI is InChI=1S/C13H12FN5OS2/c1-3-15-12-18-19-13(22-12)21-11-7-4-10(20-2)8(14)5-9(7)16-6-17-11/h4-6H,3H2,1-2H3,(H,15,18). The lowest BCUT2D eigenvalue weighted by atomic mass is 10.2. The number of rotatable bonds is 5. The Kier molecular flexibility index (Phi) is 4.34.